The van der Waals surface area contributed by atoms with Gasteiger partial charge in [-0.3, -0.25) is 14.5 Å². The van der Waals surface area contributed by atoms with Crippen molar-refractivity contribution in [3.63, 3.8) is 0 Å². The molecule has 1 aromatic heterocycles. The number of fused-ring (bicyclic) bond motifs is 1. The van der Waals surface area contributed by atoms with Gasteiger partial charge in [0.25, 0.3) is 0 Å². The van der Waals surface area contributed by atoms with Crippen LogP contribution in [0.2, 0.25) is 5.02 Å². The fraction of sp³-hybridized carbons (Fsp3) is 0.261. The molecule has 1 saturated heterocycles. The monoisotopic (exact) mass is 420 g/mol. The van der Waals surface area contributed by atoms with E-state index in [1.807, 2.05) is 35.2 Å². The number of hydrogen-bond acceptors (Lipinski definition) is 4. The van der Waals surface area contributed by atoms with Gasteiger partial charge in [-0.1, -0.05) is 35.9 Å². The molecule has 1 amide bonds. The first kappa shape index (κ1) is 20.1. The maximum atomic E-state index is 12.9. The molecule has 1 fully saturated rings. The van der Waals surface area contributed by atoms with E-state index < -0.39 is 0 Å². The first-order valence-electron chi connectivity index (χ1n) is 9.82. The van der Waals surface area contributed by atoms with Crippen molar-refractivity contribution in [1.29, 1.82) is 5.26 Å². The van der Waals surface area contributed by atoms with Gasteiger partial charge in [0.2, 0.25) is 11.3 Å². The zero-order valence-electron chi connectivity index (χ0n) is 16.4. The molecule has 0 atom stereocenters. The second kappa shape index (κ2) is 8.70. The van der Waals surface area contributed by atoms with Gasteiger partial charge in [0.1, 0.15) is 18.2 Å². The van der Waals surface area contributed by atoms with Crippen molar-refractivity contribution in [1.82, 2.24) is 14.4 Å². The zero-order valence-corrected chi connectivity index (χ0v) is 17.2. The molecule has 0 aliphatic carbocycles. The quantitative estimate of drug-likeness (QED) is 0.650. The van der Waals surface area contributed by atoms with Gasteiger partial charge < -0.3 is 9.47 Å². The summed E-state index contributed by atoms with van der Waals surface area (Å²) in [4.78, 5) is 29.4. The molecule has 0 N–H and O–H groups in total. The molecule has 1 aliphatic rings. The van der Waals surface area contributed by atoms with E-state index in [0.717, 1.165) is 30.2 Å². The van der Waals surface area contributed by atoms with Crippen LogP contribution in [0.5, 0.6) is 0 Å². The number of para-hydroxylation sites is 1. The number of halogens is 1. The second-order valence-electron chi connectivity index (χ2n) is 7.42. The molecule has 3 aromatic rings. The Morgan fingerprint density at radius 2 is 1.83 bits per heavy atom. The van der Waals surface area contributed by atoms with E-state index in [-0.39, 0.29) is 23.4 Å². The SMILES string of the molecule is N#Cc1cn(CC(=O)N2CCN(Cc3cccc(Cl)c3)CC2)c2ccccc2c1=O. The number of nitrogens with zero attached hydrogens (tertiary/aromatic N) is 4. The number of benzene rings is 2. The fourth-order valence-electron chi connectivity index (χ4n) is 3.85. The summed E-state index contributed by atoms with van der Waals surface area (Å²) in [6, 6.07) is 16.8. The summed E-state index contributed by atoms with van der Waals surface area (Å²) >= 11 is 6.06. The van der Waals surface area contributed by atoms with Crippen LogP contribution in [0.3, 0.4) is 0 Å². The Morgan fingerprint density at radius 1 is 1.07 bits per heavy atom. The first-order valence-corrected chi connectivity index (χ1v) is 10.2. The van der Waals surface area contributed by atoms with Gasteiger partial charge in [-0.05, 0) is 29.8 Å². The molecular formula is C23H21ClN4O2. The van der Waals surface area contributed by atoms with E-state index in [4.69, 9.17) is 11.6 Å². The van der Waals surface area contributed by atoms with Crippen LogP contribution in [0, 0.1) is 11.3 Å². The molecule has 2 aromatic carbocycles. The zero-order chi connectivity index (χ0) is 21.1. The third-order valence-corrected chi connectivity index (χ3v) is 5.67. The summed E-state index contributed by atoms with van der Waals surface area (Å²) in [6.45, 7) is 3.76. The minimum Gasteiger partial charge on any atom is -0.339 e. The molecule has 0 spiro atoms. The molecule has 1 aliphatic heterocycles. The smallest absolute Gasteiger partial charge is 0.242 e. The summed E-state index contributed by atoms with van der Waals surface area (Å²) in [5.74, 6) is -0.0184. The molecule has 0 bridgehead atoms. The predicted octanol–water partition coefficient (Wildman–Crippen LogP) is 2.87. The predicted molar refractivity (Wildman–Crippen MR) is 116 cm³/mol. The van der Waals surface area contributed by atoms with Crippen molar-refractivity contribution in [2.75, 3.05) is 26.2 Å². The van der Waals surface area contributed by atoms with E-state index in [2.05, 4.69) is 11.0 Å². The van der Waals surface area contributed by atoms with Crippen LogP contribution in [0.25, 0.3) is 10.9 Å². The molecule has 0 saturated carbocycles. The highest BCUT2D eigenvalue weighted by Crippen LogP contribution is 2.15. The molecule has 0 radical (unpaired) electrons. The average molecular weight is 421 g/mol. The van der Waals surface area contributed by atoms with Gasteiger partial charge in [-0.25, -0.2) is 0 Å². The highest BCUT2D eigenvalue weighted by Gasteiger charge is 2.22. The number of amides is 1. The largest absolute Gasteiger partial charge is 0.339 e. The van der Waals surface area contributed by atoms with Crippen LogP contribution in [0.4, 0.5) is 0 Å². The van der Waals surface area contributed by atoms with Crippen molar-refractivity contribution < 1.29 is 4.79 Å². The topological polar surface area (TPSA) is 69.3 Å². The molecule has 6 nitrogen and oxygen atoms in total. The summed E-state index contributed by atoms with van der Waals surface area (Å²) in [5, 5.41) is 10.5. The van der Waals surface area contributed by atoms with E-state index in [1.165, 1.54) is 6.20 Å². The second-order valence-corrected chi connectivity index (χ2v) is 7.85. The van der Waals surface area contributed by atoms with Crippen molar-refractivity contribution >= 4 is 28.4 Å². The Kier molecular flexibility index (Phi) is 5.84. The van der Waals surface area contributed by atoms with Gasteiger partial charge in [0.05, 0.1) is 5.52 Å². The van der Waals surface area contributed by atoms with Crippen molar-refractivity contribution in [3.8, 4) is 6.07 Å². The molecule has 30 heavy (non-hydrogen) atoms. The minimum atomic E-state index is -0.300. The number of nitriles is 1. The van der Waals surface area contributed by atoms with Gasteiger partial charge in [-0.15, -0.1) is 0 Å². The van der Waals surface area contributed by atoms with E-state index in [9.17, 15) is 14.9 Å². The summed E-state index contributed by atoms with van der Waals surface area (Å²) in [6.07, 6.45) is 1.48. The molecule has 4 rings (SSSR count). The lowest BCUT2D eigenvalue weighted by atomic mass is 10.1. The summed E-state index contributed by atoms with van der Waals surface area (Å²) in [5.41, 5.74) is 1.57. The van der Waals surface area contributed by atoms with Gasteiger partial charge in [0.15, 0.2) is 0 Å². The minimum absolute atomic E-state index is 0.0184. The first-order chi connectivity index (χ1) is 14.5. The van der Waals surface area contributed by atoms with Crippen LogP contribution < -0.4 is 5.43 Å². The summed E-state index contributed by atoms with van der Waals surface area (Å²) < 4.78 is 1.70. The molecule has 152 valence electrons. The van der Waals surface area contributed by atoms with E-state index >= 15 is 0 Å². The number of rotatable bonds is 4. The standard InChI is InChI=1S/C23H21ClN4O2/c24-19-5-3-4-17(12-19)14-26-8-10-27(11-9-26)22(29)16-28-15-18(13-25)23(30)20-6-1-2-7-21(20)28/h1-7,12,15H,8-11,14,16H2. The highest BCUT2D eigenvalue weighted by atomic mass is 35.5. The van der Waals surface area contributed by atoms with Crippen LogP contribution in [0.1, 0.15) is 11.1 Å². The number of carbonyl (C=O) groups is 1. The van der Waals surface area contributed by atoms with Crippen molar-refractivity contribution in [3.05, 3.63) is 81.1 Å². The lowest BCUT2D eigenvalue weighted by Gasteiger charge is -2.35. The number of hydrogen-bond donors (Lipinski definition) is 0. The Morgan fingerprint density at radius 3 is 2.57 bits per heavy atom. The van der Waals surface area contributed by atoms with Crippen LogP contribution >= 0.6 is 11.6 Å². The van der Waals surface area contributed by atoms with Gasteiger partial charge >= 0.3 is 0 Å². The molecular weight excluding hydrogens is 400 g/mol. The van der Waals surface area contributed by atoms with E-state index in [0.29, 0.717) is 24.0 Å². The highest BCUT2D eigenvalue weighted by molar-refractivity contribution is 6.30. The van der Waals surface area contributed by atoms with Crippen LogP contribution in [-0.2, 0) is 17.9 Å². The van der Waals surface area contributed by atoms with Crippen molar-refractivity contribution in [2.24, 2.45) is 0 Å². The Balaban J connectivity index is 1.44. The van der Waals surface area contributed by atoms with Crippen LogP contribution in [-0.4, -0.2) is 46.5 Å². The molecule has 0 unspecified atom stereocenters. The Hall–Kier alpha value is -3.14. The number of carbonyl (C=O) groups excluding carboxylic acids is 1. The van der Waals surface area contributed by atoms with Gasteiger partial charge in [0, 0.05) is 49.3 Å². The number of pyridine rings is 1. The lowest BCUT2D eigenvalue weighted by Crippen LogP contribution is -2.49. The number of aromatic nitrogens is 1. The Bertz CT molecular complexity index is 1190. The third-order valence-electron chi connectivity index (χ3n) is 5.43. The normalized spacial score (nSPS) is 14.6. The fourth-order valence-corrected chi connectivity index (χ4v) is 4.06. The Labute approximate surface area is 179 Å². The maximum Gasteiger partial charge on any atom is 0.242 e. The van der Waals surface area contributed by atoms with Crippen LogP contribution in [0.15, 0.2) is 59.5 Å². The lowest BCUT2D eigenvalue weighted by molar-refractivity contribution is -0.133. The molecule has 2 heterocycles. The van der Waals surface area contributed by atoms with Crippen molar-refractivity contribution in [2.45, 2.75) is 13.1 Å². The number of piperazine rings is 1. The summed E-state index contributed by atoms with van der Waals surface area (Å²) in [7, 11) is 0. The van der Waals surface area contributed by atoms with Gasteiger partial charge in [-0.2, -0.15) is 5.26 Å². The maximum absolute atomic E-state index is 12.9. The average Bonchev–Trinajstić information content (AvgIpc) is 2.76. The van der Waals surface area contributed by atoms with E-state index in [1.54, 1.807) is 22.8 Å². The third kappa shape index (κ3) is 4.23. The molecule has 7 heteroatoms.